The van der Waals surface area contributed by atoms with Gasteiger partial charge in [0.1, 0.15) is 18.1 Å². The van der Waals surface area contributed by atoms with Gasteiger partial charge in [0.25, 0.3) is 0 Å². The molecule has 12 nitrogen and oxygen atoms in total. The van der Waals surface area contributed by atoms with Gasteiger partial charge < -0.3 is 14.2 Å². The Hall–Kier alpha value is -1.83. The van der Waals surface area contributed by atoms with Crippen LogP contribution >= 0.6 is 0 Å². The van der Waals surface area contributed by atoms with Crippen molar-refractivity contribution in [2.45, 2.75) is 56.7 Å². The average Bonchev–Trinajstić information content (AvgIpc) is 2.85. The smallest absolute Gasteiger partial charge is 0.324 e. The van der Waals surface area contributed by atoms with Crippen molar-refractivity contribution in [1.29, 1.82) is 0 Å². The minimum absolute atomic E-state index is 0.154. The van der Waals surface area contributed by atoms with Crippen molar-refractivity contribution in [3.8, 4) is 0 Å². The first-order chi connectivity index (χ1) is 14.5. The van der Waals surface area contributed by atoms with Gasteiger partial charge in [-0.1, -0.05) is 0 Å². The molecule has 1 unspecified atom stereocenters. The summed E-state index contributed by atoms with van der Waals surface area (Å²) < 4.78 is 13.6. The van der Waals surface area contributed by atoms with E-state index in [0.29, 0.717) is 0 Å². The van der Waals surface area contributed by atoms with Gasteiger partial charge in [-0.05, 0) is 38.5 Å². The predicted octanol–water partition coefficient (Wildman–Crippen LogP) is -1.75. The second-order valence-corrected chi connectivity index (χ2v) is 6.87. The summed E-state index contributed by atoms with van der Waals surface area (Å²) in [4.78, 5) is 32.5. The van der Waals surface area contributed by atoms with Crippen LogP contribution in [-0.4, -0.2) is 77.0 Å². The van der Waals surface area contributed by atoms with E-state index in [1.54, 1.807) is 0 Å². The van der Waals surface area contributed by atoms with Gasteiger partial charge in [-0.25, -0.2) is 16.3 Å². The normalized spacial score (nSPS) is 25.9. The zero-order valence-electron chi connectivity index (χ0n) is 18.0. The molecule has 0 amide bonds. The van der Waals surface area contributed by atoms with Crippen molar-refractivity contribution in [2.24, 2.45) is 0 Å². The second kappa shape index (κ2) is 15.9. The number of methoxy groups -OCH3 is 3. The Kier molecular flexibility index (Phi) is 13.9. The monoisotopic (exact) mass is 432 g/mol. The van der Waals surface area contributed by atoms with E-state index in [9.17, 15) is 14.4 Å². The van der Waals surface area contributed by atoms with Gasteiger partial charge in [0.15, 0.2) is 0 Å². The molecule has 12 heteroatoms. The third kappa shape index (κ3) is 10.3. The molecule has 3 aliphatic rings. The molecule has 6 N–H and O–H groups in total. The third-order valence-electron chi connectivity index (χ3n) is 4.67. The van der Waals surface area contributed by atoms with Gasteiger partial charge in [0, 0.05) is 19.6 Å². The number of esters is 3. The molecule has 0 bridgehead atoms. The number of rotatable bonds is 3. The number of nitrogens with one attached hydrogen (secondary N) is 6. The molecule has 3 saturated heterocycles. The Balaban J connectivity index is 0.000000225. The van der Waals surface area contributed by atoms with Crippen molar-refractivity contribution in [2.75, 3.05) is 41.0 Å². The zero-order valence-corrected chi connectivity index (χ0v) is 18.0. The van der Waals surface area contributed by atoms with Crippen LogP contribution in [0.25, 0.3) is 0 Å². The lowest BCUT2D eigenvalue weighted by molar-refractivity contribution is -0.144. The summed E-state index contributed by atoms with van der Waals surface area (Å²) in [6.45, 7) is 2.77. The maximum absolute atomic E-state index is 10.8. The number of hydrogen-bond donors (Lipinski definition) is 6. The van der Waals surface area contributed by atoms with E-state index in [4.69, 9.17) is 0 Å². The van der Waals surface area contributed by atoms with E-state index in [-0.39, 0.29) is 36.0 Å². The molecule has 30 heavy (non-hydrogen) atoms. The van der Waals surface area contributed by atoms with Crippen LogP contribution < -0.4 is 32.6 Å². The largest absolute Gasteiger partial charge is 0.468 e. The Labute approximate surface area is 177 Å². The Morgan fingerprint density at radius 1 is 0.567 bits per heavy atom. The van der Waals surface area contributed by atoms with Gasteiger partial charge >= 0.3 is 17.9 Å². The van der Waals surface area contributed by atoms with E-state index in [2.05, 4.69) is 46.8 Å². The molecular formula is C18H36N6O6. The lowest BCUT2D eigenvalue weighted by Crippen LogP contribution is -2.50. The van der Waals surface area contributed by atoms with Crippen LogP contribution in [0.2, 0.25) is 0 Å². The topological polar surface area (TPSA) is 151 Å². The lowest BCUT2D eigenvalue weighted by Gasteiger charge is -2.21. The lowest BCUT2D eigenvalue weighted by atomic mass is 10.1. The van der Waals surface area contributed by atoms with Crippen LogP contribution in [0.3, 0.4) is 0 Å². The molecule has 0 aromatic carbocycles. The maximum atomic E-state index is 10.8. The van der Waals surface area contributed by atoms with E-state index >= 15 is 0 Å². The van der Waals surface area contributed by atoms with Gasteiger partial charge in [-0.2, -0.15) is 0 Å². The number of carbonyl (C=O) groups is 3. The van der Waals surface area contributed by atoms with Crippen molar-refractivity contribution in [1.82, 2.24) is 32.6 Å². The predicted molar refractivity (Wildman–Crippen MR) is 109 cm³/mol. The quantitative estimate of drug-likeness (QED) is 0.222. The molecular weight excluding hydrogens is 396 g/mol. The fourth-order valence-electron chi connectivity index (χ4n) is 2.94. The van der Waals surface area contributed by atoms with E-state index in [1.807, 2.05) is 0 Å². The molecule has 3 rings (SSSR count). The van der Waals surface area contributed by atoms with E-state index in [0.717, 1.165) is 58.2 Å². The molecule has 3 atom stereocenters. The first kappa shape index (κ1) is 26.2. The standard InChI is InChI=1S/3C6H12N2O2/c3*1-10-6(9)5-3-2-4-7-8-5/h3*5,7-8H,2-4H2,1H3/t2*5-;/m10./s1. The highest BCUT2D eigenvalue weighted by Crippen LogP contribution is 2.02. The molecule has 0 saturated carbocycles. The first-order valence-corrected chi connectivity index (χ1v) is 10.2. The number of hydrogen-bond acceptors (Lipinski definition) is 12. The average molecular weight is 433 g/mol. The van der Waals surface area contributed by atoms with E-state index in [1.165, 1.54) is 21.3 Å². The highest BCUT2D eigenvalue weighted by atomic mass is 16.5. The SMILES string of the molecule is COC(=O)C1CCCNN1.COC(=O)[C@@H]1CCCNN1.COC(=O)[C@H]1CCCNN1. The fraction of sp³-hybridized carbons (Fsp3) is 0.833. The second-order valence-electron chi connectivity index (χ2n) is 6.87. The summed E-state index contributed by atoms with van der Waals surface area (Å²) in [6, 6.07) is -0.462. The van der Waals surface area contributed by atoms with Gasteiger partial charge in [-0.15, -0.1) is 0 Å². The van der Waals surface area contributed by atoms with Gasteiger partial charge in [0.05, 0.1) is 21.3 Å². The number of hydrazine groups is 3. The maximum Gasteiger partial charge on any atom is 0.324 e. The highest BCUT2D eigenvalue weighted by Gasteiger charge is 2.21. The summed E-state index contributed by atoms with van der Waals surface area (Å²) in [5.41, 5.74) is 17.2. The molecule has 0 aromatic heterocycles. The Bertz CT molecular complexity index is 434. The van der Waals surface area contributed by atoms with E-state index < -0.39 is 0 Å². The molecule has 3 heterocycles. The van der Waals surface area contributed by atoms with Crippen LogP contribution in [0.4, 0.5) is 0 Å². The molecule has 0 aliphatic carbocycles. The molecule has 174 valence electrons. The fourth-order valence-corrected chi connectivity index (χ4v) is 2.94. The Morgan fingerprint density at radius 3 is 1.00 bits per heavy atom. The molecule has 0 spiro atoms. The zero-order chi connectivity index (χ0) is 22.2. The van der Waals surface area contributed by atoms with Crippen LogP contribution in [0.5, 0.6) is 0 Å². The minimum atomic E-state index is -0.188. The number of ether oxygens (including phenoxy) is 3. The molecule has 0 radical (unpaired) electrons. The molecule has 3 fully saturated rings. The van der Waals surface area contributed by atoms with Crippen LogP contribution in [-0.2, 0) is 28.6 Å². The van der Waals surface area contributed by atoms with Crippen LogP contribution in [0.15, 0.2) is 0 Å². The highest BCUT2D eigenvalue weighted by molar-refractivity contribution is 5.76. The van der Waals surface area contributed by atoms with Crippen LogP contribution in [0, 0.1) is 0 Å². The Morgan fingerprint density at radius 2 is 0.833 bits per heavy atom. The first-order valence-electron chi connectivity index (χ1n) is 10.2. The van der Waals surface area contributed by atoms with Crippen molar-refractivity contribution < 1.29 is 28.6 Å². The van der Waals surface area contributed by atoms with Gasteiger partial charge in [0.2, 0.25) is 0 Å². The summed E-state index contributed by atoms with van der Waals surface area (Å²) in [5, 5.41) is 0. The van der Waals surface area contributed by atoms with Crippen molar-refractivity contribution >= 4 is 17.9 Å². The van der Waals surface area contributed by atoms with Crippen molar-refractivity contribution in [3.05, 3.63) is 0 Å². The summed E-state index contributed by atoms with van der Waals surface area (Å²) >= 11 is 0. The van der Waals surface area contributed by atoms with Crippen LogP contribution in [0.1, 0.15) is 38.5 Å². The molecule has 0 aromatic rings. The summed E-state index contributed by atoms with van der Waals surface area (Å²) in [5.74, 6) is -0.563. The van der Waals surface area contributed by atoms with Gasteiger partial charge in [-0.3, -0.25) is 30.7 Å². The summed E-state index contributed by atoms with van der Waals surface area (Å²) in [6.07, 6.45) is 5.64. The summed E-state index contributed by atoms with van der Waals surface area (Å²) in [7, 11) is 4.20. The third-order valence-corrected chi connectivity index (χ3v) is 4.67. The number of carbonyl (C=O) groups excluding carboxylic acids is 3. The molecule has 3 aliphatic heterocycles. The van der Waals surface area contributed by atoms with Crippen molar-refractivity contribution in [3.63, 3.8) is 0 Å². The minimum Gasteiger partial charge on any atom is -0.468 e.